The molecule has 0 saturated heterocycles. The number of carbonyl (C=O) groups excluding carboxylic acids is 1. The van der Waals surface area contributed by atoms with Crippen LogP contribution >= 0.6 is 11.5 Å². The van der Waals surface area contributed by atoms with E-state index in [-0.39, 0.29) is 11.4 Å². The predicted molar refractivity (Wildman–Crippen MR) is 94.1 cm³/mol. The zero-order valence-corrected chi connectivity index (χ0v) is 14.9. The number of amides is 1. The summed E-state index contributed by atoms with van der Waals surface area (Å²) in [6.07, 6.45) is -1.48. The number of anilines is 3. The Bertz CT molecular complexity index is 954. The lowest BCUT2D eigenvalue weighted by Gasteiger charge is -2.09. The number of nitrogens with zero attached hydrogens (tertiary/aromatic N) is 4. The van der Waals surface area contributed by atoms with Gasteiger partial charge in [-0.2, -0.15) is 17.5 Å². The van der Waals surface area contributed by atoms with E-state index < -0.39 is 17.8 Å². The number of rotatable bonds is 4. The Morgan fingerprint density at radius 1 is 1.07 bits per heavy atom. The zero-order chi connectivity index (χ0) is 19.6. The summed E-state index contributed by atoms with van der Waals surface area (Å²) in [5, 5.41) is 5.84. The van der Waals surface area contributed by atoms with Gasteiger partial charge in [-0.25, -0.2) is 9.97 Å². The van der Waals surface area contributed by atoms with Gasteiger partial charge in [0.25, 0.3) is 5.91 Å². The van der Waals surface area contributed by atoms with Gasteiger partial charge in [0.1, 0.15) is 10.8 Å². The summed E-state index contributed by atoms with van der Waals surface area (Å²) < 4.78 is 41.8. The van der Waals surface area contributed by atoms with Crippen molar-refractivity contribution < 1.29 is 18.0 Å². The Balaban J connectivity index is 1.80. The average Bonchev–Trinajstić information content (AvgIpc) is 2.97. The fourth-order valence-electron chi connectivity index (χ4n) is 2.11. The minimum Gasteiger partial charge on any atom is -0.329 e. The minimum absolute atomic E-state index is 0.0673. The van der Waals surface area contributed by atoms with Crippen LogP contribution in [0.15, 0.2) is 30.7 Å². The van der Waals surface area contributed by atoms with Crippen LogP contribution in [0, 0.1) is 13.8 Å². The van der Waals surface area contributed by atoms with Gasteiger partial charge in [-0.05, 0) is 37.5 Å². The van der Waals surface area contributed by atoms with E-state index >= 15 is 0 Å². The number of aryl methyl sites for hydroxylation is 2. The average molecular weight is 394 g/mol. The number of halogens is 3. The van der Waals surface area contributed by atoms with Gasteiger partial charge >= 0.3 is 6.18 Å². The molecule has 3 aromatic heterocycles. The van der Waals surface area contributed by atoms with Crippen molar-refractivity contribution in [3.8, 4) is 0 Å². The van der Waals surface area contributed by atoms with Crippen LogP contribution in [0.3, 0.4) is 0 Å². The van der Waals surface area contributed by atoms with Crippen LogP contribution in [0.5, 0.6) is 0 Å². The molecule has 0 spiro atoms. The van der Waals surface area contributed by atoms with E-state index in [0.29, 0.717) is 22.6 Å². The molecule has 0 atom stereocenters. The zero-order valence-electron chi connectivity index (χ0n) is 14.1. The second-order valence-corrected chi connectivity index (χ2v) is 6.30. The molecule has 2 N–H and O–H groups in total. The third-order valence-corrected chi connectivity index (χ3v) is 4.30. The van der Waals surface area contributed by atoms with Crippen LogP contribution in [0.25, 0.3) is 0 Å². The maximum Gasteiger partial charge on any atom is 0.434 e. The Morgan fingerprint density at radius 3 is 2.44 bits per heavy atom. The largest absolute Gasteiger partial charge is 0.434 e. The molecular weight excluding hydrogens is 381 g/mol. The van der Waals surface area contributed by atoms with Crippen molar-refractivity contribution in [1.82, 2.24) is 19.3 Å². The van der Waals surface area contributed by atoms with E-state index in [4.69, 9.17) is 0 Å². The maximum absolute atomic E-state index is 12.6. The van der Waals surface area contributed by atoms with Crippen molar-refractivity contribution in [3.05, 3.63) is 53.4 Å². The first-order valence-corrected chi connectivity index (χ1v) is 8.38. The lowest BCUT2D eigenvalue weighted by molar-refractivity contribution is -0.141. The standard InChI is InChI=1S/C16H13F3N6OS/c1-8-3-4-10(5-20-8)23-14(26)13-9(2)25-27-15(13)24-12-7-21-11(6-22-12)16(17,18)19/h3-7H,1-2H3,(H,22,24)(H,23,26). The summed E-state index contributed by atoms with van der Waals surface area (Å²) >= 11 is 0.995. The number of hydrogen-bond donors (Lipinski definition) is 2. The molecule has 11 heteroatoms. The molecule has 3 aromatic rings. The normalized spacial score (nSPS) is 11.3. The van der Waals surface area contributed by atoms with Crippen molar-refractivity contribution in [2.75, 3.05) is 10.6 Å². The third kappa shape index (κ3) is 4.37. The summed E-state index contributed by atoms with van der Waals surface area (Å²) in [4.78, 5) is 23.7. The first-order valence-electron chi connectivity index (χ1n) is 7.60. The molecule has 140 valence electrons. The van der Waals surface area contributed by atoms with Crippen molar-refractivity contribution in [1.29, 1.82) is 0 Å². The van der Waals surface area contributed by atoms with Crippen LogP contribution in [0.2, 0.25) is 0 Å². The molecule has 0 bridgehead atoms. The molecule has 3 heterocycles. The van der Waals surface area contributed by atoms with Crippen molar-refractivity contribution in [2.24, 2.45) is 0 Å². The Morgan fingerprint density at radius 2 is 1.85 bits per heavy atom. The molecule has 0 aliphatic rings. The van der Waals surface area contributed by atoms with E-state index in [1.54, 1.807) is 19.1 Å². The molecule has 0 unspecified atom stereocenters. The number of hydrogen-bond acceptors (Lipinski definition) is 7. The summed E-state index contributed by atoms with van der Waals surface area (Å²) in [6.45, 7) is 3.48. The van der Waals surface area contributed by atoms with Crippen LogP contribution in [0.1, 0.15) is 27.4 Å². The topological polar surface area (TPSA) is 92.7 Å². The van der Waals surface area contributed by atoms with Gasteiger partial charge in [-0.3, -0.25) is 9.78 Å². The molecule has 7 nitrogen and oxygen atoms in total. The molecule has 0 saturated carbocycles. The van der Waals surface area contributed by atoms with E-state index in [1.807, 2.05) is 6.92 Å². The van der Waals surface area contributed by atoms with Gasteiger partial charge < -0.3 is 10.6 Å². The minimum atomic E-state index is -4.57. The molecule has 0 radical (unpaired) electrons. The van der Waals surface area contributed by atoms with Crippen molar-refractivity contribution >= 4 is 33.9 Å². The summed E-state index contributed by atoms with van der Waals surface area (Å²) in [5.74, 6) is -0.355. The fraction of sp³-hybridized carbons (Fsp3) is 0.188. The first-order chi connectivity index (χ1) is 12.7. The summed E-state index contributed by atoms with van der Waals surface area (Å²) in [6, 6.07) is 3.47. The van der Waals surface area contributed by atoms with E-state index in [1.165, 1.54) is 6.20 Å². The van der Waals surface area contributed by atoms with Gasteiger partial charge in [0, 0.05) is 5.69 Å². The molecule has 0 fully saturated rings. The fourth-order valence-corrected chi connectivity index (χ4v) is 2.91. The first kappa shape index (κ1) is 18.7. The molecule has 3 rings (SSSR count). The Hall–Kier alpha value is -3.08. The quantitative estimate of drug-likeness (QED) is 0.696. The monoisotopic (exact) mass is 394 g/mol. The number of pyridine rings is 1. The number of alkyl halides is 3. The van der Waals surface area contributed by atoms with Gasteiger partial charge in [-0.15, -0.1) is 0 Å². The van der Waals surface area contributed by atoms with Crippen LogP contribution in [-0.2, 0) is 6.18 Å². The molecular formula is C16H13F3N6OS. The van der Waals surface area contributed by atoms with Gasteiger partial charge in [0.15, 0.2) is 5.69 Å². The second-order valence-electron chi connectivity index (χ2n) is 5.52. The smallest absolute Gasteiger partial charge is 0.329 e. The highest BCUT2D eigenvalue weighted by Crippen LogP contribution is 2.30. The Kier molecular flexibility index (Phi) is 5.04. The predicted octanol–water partition coefficient (Wildman–Crippen LogP) is 3.96. The van der Waals surface area contributed by atoms with Gasteiger partial charge in [0.05, 0.1) is 35.5 Å². The number of carbonyl (C=O) groups is 1. The highest BCUT2D eigenvalue weighted by Gasteiger charge is 2.32. The molecule has 27 heavy (non-hydrogen) atoms. The number of nitrogens with one attached hydrogen (secondary N) is 2. The SMILES string of the molecule is Cc1ccc(NC(=O)c2c(C)nsc2Nc2cnc(C(F)(F)F)cn2)cn1. The van der Waals surface area contributed by atoms with E-state index in [9.17, 15) is 18.0 Å². The van der Waals surface area contributed by atoms with E-state index in [0.717, 1.165) is 23.4 Å². The lowest BCUT2D eigenvalue weighted by Crippen LogP contribution is -2.14. The lowest BCUT2D eigenvalue weighted by atomic mass is 10.2. The highest BCUT2D eigenvalue weighted by atomic mass is 32.1. The third-order valence-electron chi connectivity index (χ3n) is 3.44. The van der Waals surface area contributed by atoms with Crippen molar-refractivity contribution in [2.45, 2.75) is 20.0 Å². The van der Waals surface area contributed by atoms with Gasteiger partial charge in [0.2, 0.25) is 0 Å². The summed E-state index contributed by atoms with van der Waals surface area (Å²) in [7, 11) is 0. The van der Waals surface area contributed by atoms with E-state index in [2.05, 4.69) is 30.0 Å². The molecule has 1 amide bonds. The van der Waals surface area contributed by atoms with Crippen LogP contribution < -0.4 is 10.6 Å². The molecule has 0 aliphatic heterocycles. The number of aromatic nitrogens is 4. The highest BCUT2D eigenvalue weighted by molar-refractivity contribution is 7.10. The van der Waals surface area contributed by atoms with Crippen LogP contribution in [0.4, 0.5) is 29.7 Å². The Labute approximate surface area is 155 Å². The second kappa shape index (κ2) is 7.27. The van der Waals surface area contributed by atoms with Crippen LogP contribution in [-0.4, -0.2) is 25.2 Å². The maximum atomic E-state index is 12.6. The molecule has 0 aromatic carbocycles. The van der Waals surface area contributed by atoms with Crippen molar-refractivity contribution in [3.63, 3.8) is 0 Å². The molecule has 0 aliphatic carbocycles. The van der Waals surface area contributed by atoms with Gasteiger partial charge in [-0.1, -0.05) is 0 Å². The summed E-state index contributed by atoms with van der Waals surface area (Å²) in [5.41, 5.74) is 0.960.